The summed E-state index contributed by atoms with van der Waals surface area (Å²) < 4.78 is 0. The number of carbonyl (C=O) groups is 1. The van der Waals surface area contributed by atoms with E-state index in [0.717, 1.165) is 23.8 Å². The monoisotopic (exact) mass is 499 g/mol. The van der Waals surface area contributed by atoms with Crippen LogP contribution < -0.4 is 5.32 Å². The third-order valence-electron chi connectivity index (χ3n) is 4.27. The van der Waals surface area contributed by atoms with Crippen LogP contribution in [0, 0.1) is 0 Å². The second kappa shape index (κ2) is 10.5. The van der Waals surface area contributed by atoms with E-state index in [1.54, 1.807) is 13.2 Å². The summed E-state index contributed by atoms with van der Waals surface area (Å²) in [7, 11) is 1.73. The van der Waals surface area contributed by atoms with Gasteiger partial charge in [0.2, 0.25) is 5.91 Å². The third-order valence-corrected chi connectivity index (χ3v) is 4.52. The minimum Gasteiger partial charge on any atom is -0.351 e. The highest BCUT2D eigenvalue weighted by molar-refractivity contribution is 14.0. The molecule has 8 heteroatoms. The molecule has 144 valence electrons. The predicted octanol–water partition coefficient (Wildman–Crippen LogP) is 2.77. The number of halogens is 2. The first kappa shape index (κ1) is 21.4. The minimum absolute atomic E-state index is 0. The number of benzene rings is 1. The summed E-state index contributed by atoms with van der Waals surface area (Å²) in [6.07, 6.45) is 1.76. The molecule has 0 saturated carbocycles. The van der Waals surface area contributed by atoms with E-state index in [9.17, 15) is 4.79 Å². The van der Waals surface area contributed by atoms with Gasteiger partial charge in [0.1, 0.15) is 0 Å². The molecular formula is C19H23ClIN5O. The first-order valence-electron chi connectivity index (χ1n) is 8.53. The maximum atomic E-state index is 12.5. The summed E-state index contributed by atoms with van der Waals surface area (Å²) in [5, 5.41) is 3.98. The molecule has 1 aliphatic heterocycles. The van der Waals surface area contributed by atoms with Gasteiger partial charge in [-0.25, -0.2) is 0 Å². The fourth-order valence-corrected chi connectivity index (χ4v) is 3.00. The fourth-order valence-electron chi connectivity index (χ4n) is 2.87. The molecule has 0 aliphatic carbocycles. The lowest BCUT2D eigenvalue weighted by Crippen LogP contribution is -2.54. The lowest BCUT2D eigenvalue weighted by Gasteiger charge is -2.36. The van der Waals surface area contributed by atoms with Crippen LogP contribution in [0.15, 0.2) is 53.7 Å². The van der Waals surface area contributed by atoms with E-state index in [4.69, 9.17) is 11.6 Å². The van der Waals surface area contributed by atoms with Crippen molar-refractivity contribution in [1.29, 1.82) is 0 Å². The first-order valence-corrected chi connectivity index (χ1v) is 8.91. The van der Waals surface area contributed by atoms with Crippen LogP contribution in [-0.2, 0) is 17.9 Å². The summed E-state index contributed by atoms with van der Waals surface area (Å²) in [5.41, 5.74) is 2.01. The average Bonchev–Trinajstić information content (AvgIpc) is 2.67. The smallest absolute Gasteiger partial charge is 0.242 e. The molecule has 0 atom stereocenters. The fraction of sp³-hybridized carbons (Fsp3) is 0.316. The molecule has 1 aliphatic rings. The number of rotatable bonds is 4. The molecule has 0 spiro atoms. The van der Waals surface area contributed by atoms with Gasteiger partial charge in [-0.2, -0.15) is 0 Å². The van der Waals surface area contributed by atoms with Crippen LogP contribution in [0.1, 0.15) is 11.3 Å². The molecule has 1 amide bonds. The molecule has 1 N–H and O–H groups in total. The molecule has 2 aromatic rings. The second-order valence-corrected chi connectivity index (χ2v) is 6.52. The number of guanidine groups is 1. The Kier molecular flexibility index (Phi) is 8.30. The zero-order chi connectivity index (χ0) is 18.4. The van der Waals surface area contributed by atoms with Crippen LogP contribution in [0.3, 0.4) is 0 Å². The Morgan fingerprint density at radius 1 is 1.22 bits per heavy atom. The van der Waals surface area contributed by atoms with Crippen molar-refractivity contribution < 1.29 is 4.79 Å². The van der Waals surface area contributed by atoms with E-state index in [1.807, 2.05) is 52.3 Å². The van der Waals surface area contributed by atoms with Gasteiger partial charge in [0.25, 0.3) is 0 Å². The van der Waals surface area contributed by atoms with Crippen molar-refractivity contribution in [2.75, 3.05) is 26.7 Å². The number of nitrogens with one attached hydrogen (secondary N) is 1. The van der Waals surface area contributed by atoms with Gasteiger partial charge in [0.15, 0.2) is 5.96 Å². The number of aliphatic imine (C=N–C) groups is 1. The summed E-state index contributed by atoms with van der Waals surface area (Å²) >= 11 is 5.92. The molecule has 27 heavy (non-hydrogen) atoms. The molecule has 6 nitrogen and oxygen atoms in total. The van der Waals surface area contributed by atoms with Gasteiger partial charge < -0.3 is 15.1 Å². The van der Waals surface area contributed by atoms with E-state index in [2.05, 4.69) is 15.3 Å². The predicted molar refractivity (Wildman–Crippen MR) is 118 cm³/mol. The van der Waals surface area contributed by atoms with Crippen LogP contribution in [0.5, 0.6) is 0 Å². The Labute approximate surface area is 181 Å². The maximum absolute atomic E-state index is 12.5. The number of pyridine rings is 1. The number of piperazine rings is 1. The van der Waals surface area contributed by atoms with Crippen molar-refractivity contribution in [3.8, 4) is 0 Å². The highest BCUT2D eigenvalue weighted by Gasteiger charge is 2.25. The first-order chi connectivity index (χ1) is 12.7. The van der Waals surface area contributed by atoms with E-state index < -0.39 is 0 Å². The third kappa shape index (κ3) is 6.07. The lowest BCUT2D eigenvalue weighted by atomic mass is 10.2. The zero-order valence-electron chi connectivity index (χ0n) is 15.1. The Morgan fingerprint density at radius 2 is 2.00 bits per heavy atom. The Morgan fingerprint density at radius 3 is 2.63 bits per heavy atom. The molecular weight excluding hydrogens is 477 g/mol. The molecule has 2 heterocycles. The molecule has 1 aromatic carbocycles. The number of nitrogens with zero attached hydrogens (tertiary/aromatic N) is 4. The number of hydrogen-bond donors (Lipinski definition) is 1. The number of carbonyl (C=O) groups excluding carboxylic acids is 1. The zero-order valence-corrected chi connectivity index (χ0v) is 18.2. The van der Waals surface area contributed by atoms with Gasteiger partial charge in [0, 0.05) is 37.9 Å². The molecule has 3 rings (SSSR count). The maximum Gasteiger partial charge on any atom is 0.242 e. The van der Waals surface area contributed by atoms with E-state index >= 15 is 0 Å². The Hall–Kier alpha value is -1.87. The molecule has 0 radical (unpaired) electrons. The van der Waals surface area contributed by atoms with Crippen molar-refractivity contribution in [3.63, 3.8) is 0 Å². The summed E-state index contributed by atoms with van der Waals surface area (Å²) in [6.45, 7) is 2.89. The minimum atomic E-state index is 0. The van der Waals surface area contributed by atoms with Gasteiger partial charge in [0.05, 0.1) is 18.8 Å². The largest absolute Gasteiger partial charge is 0.351 e. The molecule has 1 saturated heterocycles. The SMILES string of the molecule is CN=C(NCc1ccccn1)N1CCN(Cc2ccc(Cl)cc2)C(=O)C1.I. The van der Waals surface area contributed by atoms with Crippen molar-refractivity contribution in [3.05, 3.63) is 64.9 Å². The van der Waals surface area contributed by atoms with E-state index in [-0.39, 0.29) is 29.9 Å². The normalized spacial score (nSPS) is 14.7. The Balaban J connectivity index is 0.00000261. The average molecular weight is 500 g/mol. The van der Waals surface area contributed by atoms with Crippen molar-refractivity contribution >= 4 is 47.4 Å². The lowest BCUT2D eigenvalue weighted by molar-refractivity contribution is -0.135. The number of aromatic nitrogens is 1. The van der Waals surface area contributed by atoms with Gasteiger partial charge in [-0.3, -0.25) is 14.8 Å². The highest BCUT2D eigenvalue weighted by atomic mass is 127. The summed E-state index contributed by atoms with van der Waals surface area (Å²) in [5.74, 6) is 0.808. The van der Waals surface area contributed by atoms with Crippen LogP contribution in [0.25, 0.3) is 0 Å². The Bertz CT molecular complexity index is 769. The van der Waals surface area contributed by atoms with E-state index in [1.165, 1.54) is 0 Å². The van der Waals surface area contributed by atoms with Gasteiger partial charge in [-0.05, 0) is 29.8 Å². The molecule has 0 bridgehead atoms. The van der Waals surface area contributed by atoms with E-state index in [0.29, 0.717) is 31.2 Å². The van der Waals surface area contributed by atoms with Gasteiger partial charge in [-0.15, -0.1) is 24.0 Å². The van der Waals surface area contributed by atoms with Gasteiger partial charge in [-0.1, -0.05) is 29.8 Å². The molecule has 1 fully saturated rings. The van der Waals surface area contributed by atoms with Crippen LogP contribution >= 0.6 is 35.6 Å². The summed E-state index contributed by atoms with van der Waals surface area (Å²) in [6, 6.07) is 13.4. The molecule has 0 unspecified atom stereocenters. The summed E-state index contributed by atoms with van der Waals surface area (Å²) in [4.78, 5) is 25.0. The van der Waals surface area contributed by atoms with Crippen molar-refractivity contribution in [2.45, 2.75) is 13.1 Å². The highest BCUT2D eigenvalue weighted by Crippen LogP contribution is 2.13. The van der Waals surface area contributed by atoms with Crippen LogP contribution in [0.2, 0.25) is 5.02 Å². The topological polar surface area (TPSA) is 60.8 Å². The second-order valence-electron chi connectivity index (χ2n) is 6.09. The number of amides is 1. The quantitative estimate of drug-likeness (QED) is 0.399. The molecule has 1 aromatic heterocycles. The number of hydrogen-bond acceptors (Lipinski definition) is 3. The van der Waals surface area contributed by atoms with Gasteiger partial charge >= 0.3 is 0 Å². The van der Waals surface area contributed by atoms with Crippen LogP contribution in [-0.4, -0.2) is 53.3 Å². The standard InChI is InChI=1S/C19H22ClN5O.HI/c1-21-19(23-12-17-4-2-3-9-22-17)25-11-10-24(18(26)14-25)13-15-5-7-16(20)8-6-15;/h2-9H,10-14H2,1H3,(H,21,23);1H. The van der Waals surface area contributed by atoms with Crippen molar-refractivity contribution in [1.82, 2.24) is 20.1 Å². The van der Waals surface area contributed by atoms with Crippen molar-refractivity contribution in [2.24, 2.45) is 4.99 Å². The van der Waals surface area contributed by atoms with Crippen LogP contribution in [0.4, 0.5) is 0 Å².